The highest BCUT2D eigenvalue weighted by molar-refractivity contribution is 9.10. The summed E-state index contributed by atoms with van der Waals surface area (Å²) in [6.45, 7) is 0. The zero-order valence-corrected chi connectivity index (χ0v) is 10.2. The van der Waals surface area contributed by atoms with Gasteiger partial charge in [-0.15, -0.1) is 0 Å². The molecule has 0 aliphatic carbocycles. The van der Waals surface area contributed by atoms with Crippen LogP contribution >= 0.6 is 15.9 Å². The number of benzene rings is 1. The van der Waals surface area contributed by atoms with Gasteiger partial charge < -0.3 is 10.1 Å². The number of nitro groups is 1. The second kappa shape index (κ2) is 4.22. The van der Waals surface area contributed by atoms with Crippen molar-refractivity contribution in [1.29, 1.82) is 0 Å². The molecule has 0 saturated carbocycles. The second-order valence-corrected chi connectivity index (χ2v) is 4.28. The number of nitro benzene ring substituents is 1. The lowest BCUT2D eigenvalue weighted by molar-refractivity contribution is -0.383. The number of carboxylic acid groups (broad SMARTS) is 1. The highest BCUT2D eigenvalue weighted by Crippen LogP contribution is 2.27. The summed E-state index contributed by atoms with van der Waals surface area (Å²) in [4.78, 5) is 35.1. The van der Waals surface area contributed by atoms with Crippen LogP contribution in [0.1, 0.15) is 10.5 Å². The van der Waals surface area contributed by atoms with Gasteiger partial charge in [-0.2, -0.15) is 0 Å². The molecule has 0 atom stereocenters. The van der Waals surface area contributed by atoms with Crippen LogP contribution in [0, 0.1) is 10.1 Å². The third-order valence-corrected chi connectivity index (χ3v) is 3.00. The average molecular weight is 313 g/mol. The number of carbonyl (C=O) groups is 1. The topological polar surface area (TPSA) is 113 Å². The number of hydrogen-bond donors (Lipinski definition) is 2. The Kier molecular flexibility index (Phi) is 2.87. The molecule has 2 N–H and O–H groups in total. The number of aromatic carboxylic acids is 1. The van der Waals surface area contributed by atoms with Gasteiger partial charge in [-0.3, -0.25) is 14.9 Å². The zero-order valence-electron chi connectivity index (χ0n) is 8.64. The number of rotatable bonds is 2. The van der Waals surface area contributed by atoms with Gasteiger partial charge in [0, 0.05) is 16.6 Å². The maximum absolute atomic E-state index is 11.8. The van der Waals surface area contributed by atoms with E-state index in [1.54, 1.807) is 0 Å². The molecule has 0 bridgehead atoms. The molecule has 2 aromatic rings. The van der Waals surface area contributed by atoms with Crippen molar-refractivity contribution in [1.82, 2.24) is 4.98 Å². The van der Waals surface area contributed by atoms with Crippen LogP contribution in [0.3, 0.4) is 0 Å². The summed E-state index contributed by atoms with van der Waals surface area (Å²) in [5, 5.41) is 19.7. The molecule has 0 spiro atoms. The highest BCUT2D eigenvalue weighted by atomic mass is 79.9. The fraction of sp³-hybridized carbons (Fsp3) is 0. The fourth-order valence-corrected chi connectivity index (χ4v) is 2.10. The third kappa shape index (κ3) is 1.86. The van der Waals surface area contributed by atoms with Crippen LogP contribution in [0.2, 0.25) is 0 Å². The van der Waals surface area contributed by atoms with Crippen LogP contribution in [0.15, 0.2) is 27.5 Å². The number of fused-ring (bicyclic) bond motifs is 1. The van der Waals surface area contributed by atoms with E-state index < -0.39 is 22.0 Å². The zero-order chi connectivity index (χ0) is 13.4. The number of H-pyrrole nitrogens is 1. The molecule has 0 aliphatic heterocycles. The molecule has 0 aliphatic rings. The maximum Gasteiger partial charge on any atom is 0.352 e. The minimum absolute atomic E-state index is 0.0502. The van der Waals surface area contributed by atoms with E-state index in [-0.39, 0.29) is 16.6 Å². The SMILES string of the molecule is O=C(O)c1cc(=O)c2c(Br)ccc([N+](=O)[O-])c2[nH]1. The van der Waals surface area contributed by atoms with Gasteiger partial charge in [-0.1, -0.05) is 0 Å². The van der Waals surface area contributed by atoms with Gasteiger partial charge in [0.1, 0.15) is 11.2 Å². The van der Waals surface area contributed by atoms with E-state index in [0.717, 1.165) is 6.07 Å². The molecule has 8 heteroatoms. The number of aromatic amines is 1. The van der Waals surface area contributed by atoms with Gasteiger partial charge in [0.2, 0.25) is 0 Å². The Morgan fingerprint density at radius 1 is 1.44 bits per heavy atom. The number of nitrogens with one attached hydrogen (secondary N) is 1. The molecule has 2 rings (SSSR count). The Balaban J connectivity index is 3.00. The van der Waals surface area contributed by atoms with Crippen molar-refractivity contribution < 1.29 is 14.8 Å². The Bertz CT molecular complexity index is 737. The standard InChI is InChI=1S/C10H5BrN2O5/c11-4-1-2-6(13(17)18)9-8(4)7(14)3-5(12-9)10(15)16/h1-3H,(H,12,14)(H,15,16). The van der Waals surface area contributed by atoms with Gasteiger partial charge in [0.25, 0.3) is 5.69 Å². The Hall–Kier alpha value is -2.22. The number of hydrogen-bond acceptors (Lipinski definition) is 4. The van der Waals surface area contributed by atoms with Crippen LogP contribution in [-0.4, -0.2) is 21.0 Å². The van der Waals surface area contributed by atoms with Crippen LogP contribution in [0.5, 0.6) is 0 Å². The van der Waals surface area contributed by atoms with Crippen molar-refractivity contribution in [2.75, 3.05) is 0 Å². The first kappa shape index (κ1) is 12.2. The van der Waals surface area contributed by atoms with Gasteiger partial charge in [-0.25, -0.2) is 4.79 Å². The average Bonchev–Trinajstić information content (AvgIpc) is 2.27. The lowest BCUT2D eigenvalue weighted by Crippen LogP contribution is -2.11. The van der Waals surface area contributed by atoms with E-state index in [1.165, 1.54) is 12.1 Å². The number of nitrogens with zero attached hydrogens (tertiary/aromatic N) is 1. The van der Waals surface area contributed by atoms with Gasteiger partial charge >= 0.3 is 5.97 Å². The first-order valence-electron chi connectivity index (χ1n) is 4.65. The number of non-ortho nitro benzene ring substituents is 1. The number of carboxylic acids is 1. The minimum atomic E-state index is -1.36. The Labute approximate surface area is 107 Å². The van der Waals surface area contributed by atoms with Crippen molar-refractivity contribution >= 4 is 38.5 Å². The van der Waals surface area contributed by atoms with Crippen LogP contribution < -0.4 is 5.43 Å². The van der Waals surface area contributed by atoms with E-state index in [4.69, 9.17) is 5.11 Å². The summed E-state index contributed by atoms with van der Waals surface area (Å²) in [5.41, 5.74) is -1.46. The fourth-order valence-electron chi connectivity index (χ4n) is 1.58. The quantitative estimate of drug-likeness (QED) is 0.649. The molecule has 1 aromatic carbocycles. The van der Waals surface area contributed by atoms with Gasteiger partial charge in [0.15, 0.2) is 5.43 Å². The molecule has 92 valence electrons. The van der Waals surface area contributed by atoms with E-state index >= 15 is 0 Å². The predicted molar refractivity (Wildman–Crippen MR) is 65.9 cm³/mol. The largest absolute Gasteiger partial charge is 0.477 e. The second-order valence-electron chi connectivity index (χ2n) is 3.43. The van der Waals surface area contributed by atoms with Gasteiger partial charge in [-0.05, 0) is 22.0 Å². The molecule has 18 heavy (non-hydrogen) atoms. The first-order valence-corrected chi connectivity index (χ1v) is 5.44. The summed E-state index contributed by atoms with van der Waals surface area (Å²) in [6, 6.07) is 3.45. The molecule has 0 unspecified atom stereocenters. The van der Waals surface area contributed by atoms with Crippen LogP contribution in [-0.2, 0) is 0 Å². The molecule has 0 saturated heterocycles. The van der Waals surface area contributed by atoms with Crippen molar-refractivity contribution in [2.24, 2.45) is 0 Å². The van der Waals surface area contributed by atoms with Crippen molar-refractivity contribution in [3.05, 3.63) is 48.7 Å². The number of halogens is 1. The Morgan fingerprint density at radius 2 is 2.11 bits per heavy atom. The number of pyridine rings is 1. The normalized spacial score (nSPS) is 10.5. The molecule has 0 fully saturated rings. The summed E-state index contributed by atoms with van der Waals surface area (Å²) in [7, 11) is 0. The van der Waals surface area contributed by atoms with E-state index in [1.807, 2.05) is 0 Å². The summed E-state index contributed by atoms with van der Waals surface area (Å²) in [6.07, 6.45) is 0. The van der Waals surface area contributed by atoms with Crippen molar-refractivity contribution in [2.45, 2.75) is 0 Å². The highest BCUT2D eigenvalue weighted by Gasteiger charge is 2.18. The first-order chi connectivity index (χ1) is 8.41. The van der Waals surface area contributed by atoms with Gasteiger partial charge in [0.05, 0.1) is 10.3 Å². The molecular formula is C10H5BrN2O5. The van der Waals surface area contributed by atoms with Crippen molar-refractivity contribution in [3.8, 4) is 0 Å². The Morgan fingerprint density at radius 3 is 2.67 bits per heavy atom. The molecular weight excluding hydrogens is 308 g/mol. The van der Waals surface area contributed by atoms with Crippen LogP contribution in [0.4, 0.5) is 5.69 Å². The molecule has 0 radical (unpaired) electrons. The molecule has 1 heterocycles. The predicted octanol–water partition coefficient (Wildman–Crippen LogP) is 1.90. The lowest BCUT2D eigenvalue weighted by atomic mass is 10.1. The summed E-state index contributed by atoms with van der Waals surface area (Å²) >= 11 is 3.10. The van der Waals surface area contributed by atoms with Crippen molar-refractivity contribution in [3.63, 3.8) is 0 Å². The van der Waals surface area contributed by atoms with E-state index in [2.05, 4.69) is 20.9 Å². The van der Waals surface area contributed by atoms with E-state index in [0.29, 0.717) is 4.47 Å². The molecule has 1 aromatic heterocycles. The molecule has 7 nitrogen and oxygen atoms in total. The maximum atomic E-state index is 11.8. The monoisotopic (exact) mass is 312 g/mol. The summed E-state index contributed by atoms with van der Waals surface area (Å²) < 4.78 is 0.362. The lowest BCUT2D eigenvalue weighted by Gasteiger charge is -2.03. The molecule has 0 amide bonds. The smallest absolute Gasteiger partial charge is 0.352 e. The third-order valence-electron chi connectivity index (χ3n) is 2.34. The number of aromatic nitrogens is 1. The minimum Gasteiger partial charge on any atom is -0.477 e. The summed E-state index contributed by atoms with van der Waals surface area (Å²) in [5.74, 6) is -1.36. The van der Waals surface area contributed by atoms with E-state index in [9.17, 15) is 19.7 Å². The van der Waals surface area contributed by atoms with Crippen LogP contribution in [0.25, 0.3) is 10.9 Å².